The van der Waals surface area contributed by atoms with Gasteiger partial charge in [-0.25, -0.2) is 4.98 Å². The molecule has 0 aromatic carbocycles. The number of hydrogen-bond acceptors (Lipinski definition) is 4. The predicted octanol–water partition coefficient (Wildman–Crippen LogP) is 1.80. The summed E-state index contributed by atoms with van der Waals surface area (Å²) in [6, 6.07) is 0. The molecule has 0 saturated carbocycles. The molecule has 6 heteroatoms. The van der Waals surface area contributed by atoms with E-state index in [-0.39, 0.29) is 5.60 Å². The van der Waals surface area contributed by atoms with Crippen LogP contribution in [0.25, 0.3) is 0 Å². The third-order valence-electron chi connectivity index (χ3n) is 2.81. The number of aryl methyl sites for hydroxylation is 1. The van der Waals surface area contributed by atoms with Gasteiger partial charge in [0.25, 0.3) is 0 Å². The number of hydrogen-bond donors (Lipinski definition) is 2. The lowest BCUT2D eigenvalue weighted by Gasteiger charge is -2.24. The Balaban J connectivity index is 2.41. The smallest absolute Gasteiger partial charge is 0.191 e. The van der Waals surface area contributed by atoms with Gasteiger partial charge in [0, 0.05) is 31.8 Å². The zero-order valence-electron chi connectivity index (χ0n) is 12.4. The van der Waals surface area contributed by atoms with E-state index in [1.165, 1.54) is 4.88 Å². The van der Waals surface area contributed by atoms with Gasteiger partial charge in [0.2, 0.25) is 0 Å². The van der Waals surface area contributed by atoms with Crippen molar-refractivity contribution in [3.8, 4) is 0 Å². The summed E-state index contributed by atoms with van der Waals surface area (Å²) in [5, 5.41) is 7.57. The van der Waals surface area contributed by atoms with Gasteiger partial charge >= 0.3 is 0 Å². The van der Waals surface area contributed by atoms with Gasteiger partial charge in [-0.1, -0.05) is 6.92 Å². The molecule has 0 aliphatic rings. The largest absolute Gasteiger partial charge is 0.377 e. The van der Waals surface area contributed by atoms with Crippen LogP contribution in [-0.4, -0.2) is 37.2 Å². The van der Waals surface area contributed by atoms with Crippen LogP contribution in [0, 0.1) is 0 Å². The molecule has 1 heterocycles. The normalized spacial score (nSPS) is 12.6. The van der Waals surface area contributed by atoms with E-state index in [1.54, 1.807) is 25.5 Å². The van der Waals surface area contributed by atoms with Crippen molar-refractivity contribution >= 4 is 17.3 Å². The quantitative estimate of drug-likeness (QED) is 0.618. The Bertz CT molecular complexity index is 415. The SMILES string of the molecule is CCc1cnc(CNC(=NC)NCC(C)(C)OC)s1. The number of aromatic nitrogens is 1. The van der Waals surface area contributed by atoms with Crippen LogP contribution in [-0.2, 0) is 17.7 Å². The Morgan fingerprint density at radius 3 is 2.74 bits per heavy atom. The number of guanidine groups is 1. The van der Waals surface area contributed by atoms with E-state index >= 15 is 0 Å². The van der Waals surface area contributed by atoms with Crippen molar-refractivity contribution in [1.29, 1.82) is 0 Å². The zero-order chi connectivity index (χ0) is 14.3. The lowest BCUT2D eigenvalue weighted by Crippen LogP contribution is -2.45. The van der Waals surface area contributed by atoms with Crippen molar-refractivity contribution in [2.24, 2.45) is 4.99 Å². The zero-order valence-corrected chi connectivity index (χ0v) is 13.2. The van der Waals surface area contributed by atoms with E-state index in [4.69, 9.17) is 4.74 Å². The number of rotatable bonds is 6. The van der Waals surface area contributed by atoms with Crippen molar-refractivity contribution in [2.75, 3.05) is 20.7 Å². The van der Waals surface area contributed by atoms with Gasteiger partial charge in [0.1, 0.15) is 5.01 Å². The molecular formula is C13H24N4OS. The van der Waals surface area contributed by atoms with Crippen LogP contribution in [0.3, 0.4) is 0 Å². The second-order valence-electron chi connectivity index (χ2n) is 4.82. The predicted molar refractivity (Wildman–Crippen MR) is 80.8 cm³/mol. The summed E-state index contributed by atoms with van der Waals surface area (Å²) in [6.45, 7) is 7.58. The van der Waals surface area contributed by atoms with Crippen LogP contribution in [0.5, 0.6) is 0 Å². The maximum absolute atomic E-state index is 5.36. The van der Waals surface area contributed by atoms with Crippen molar-refractivity contribution in [3.63, 3.8) is 0 Å². The average molecular weight is 284 g/mol. The van der Waals surface area contributed by atoms with Gasteiger partial charge in [-0.15, -0.1) is 11.3 Å². The van der Waals surface area contributed by atoms with Crippen LogP contribution in [0.15, 0.2) is 11.2 Å². The summed E-state index contributed by atoms with van der Waals surface area (Å²) in [5.74, 6) is 0.762. The molecule has 0 atom stereocenters. The minimum absolute atomic E-state index is 0.214. The molecule has 2 N–H and O–H groups in total. The standard InChI is InChI=1S/C13H24N4OS/c1-6-10-7-15-11(19-10)8-16-12(14-4)17-9-13(2,3)18-5/h7H,6,8-9H2,1-5H3,(H2,14,16,17). The number of methoxy groups -OCH3 is 1. The fourth-order valence-corrected chi connectivity index (χ4v) is 2.14. The third-order valence-corrected chi connectivity index (χ3v) is 3.96. The van der Waals surface area contributed by atoms with E-state index < -0.39 is 0 Å². The van der Waals surface area contributed by atoms with Gasteiger partial charge in [-0.05, 0) is 20.3 Å². The summed E-state index contributed by atoms with van der Waals surface area (Å²) in [4.78, 5) is 9.86. The molecule has 0 saturated heterocycles. The highest BCUT2D eigenvalue weighted by Gasteiger charge is 2.16. The Kier molecular flexibility index (Phi) is 6.24. The number of ether oxygens (including phenoxy) is 1. The molecule has 0 amide bonds. The van der Waals surface area contributed by atoms with Gasteiger partial charge in [-0.3, -0.25) is 4.99 Å². The summed E-state index contributed by atoms with van der Waals surface area (Å²) < 4.78 is 5.36. The van der Waals surface area contributed by atoms with Gasteiger partial charge in [0.05, 0.1) is 12.1 Å². The lowest BCUT2D eigenvalue weighted by molar-refractivity contribution is 0.0268. The van der Waals surface area contributed by atoms with E-state index in [1.807, 2.05) is 20.0 Å². The Labute approximate surface area is 119 Å². The van der Waals surface area contributed by atoms with Crippen molar-refractivity contribution in [3.05, 3.63) is 16.1 Å². The first kappa shape index (κ1) is 15.9. The molecule has 0 aliphatic carbocycles. The number of thiazole rings is 1. The summed E-state index contributed by atoms with van der Waals surface area (Å²) >= 11 is 1.73. The molecule has 19 heavy (non-hydrogen) atoms. The molecule has 0 bridgehead atoms. The maximum Gasteiger partial charge on any atom is 0.191 e. The Morgan fingerprint density at radius 1 is 1.47 bits per heavy atom. The first-order valence-electron chi connectivity index (χ1n) is 6.44. The first-order valence-corrected chi connectivity index (χ1v) is 7.25. The van der Waals surface area contributed by atoms with Crippen LogP contribution < -0.4 is 10.6 Å². The fourth-order valence-electron chi connectivity index (χ4n) is 1.34. The highest BCUT2D eigenvalue weighted by atomic mass is 32.1. The summed E-state index contributed by atoms with van der Waals surface area (Å²) in [7, 11) is 3.47. The second-order valence-corrected chi connectivity index (χ2v) is 6.02. The molecule has 0 radical (unpaired) electrons. The molecule has 0 unspecified atom stereocenters. The molecule has 1 aromatic heterocycles. The average Bonchev–Trinajstić information content (AvgIpc) is 2.87. The Hall–Kier alpha value is -1.14. The molecule has 108 valence electrons. The topological polar surface area (TPSA) is 58.5 Å². The fraction of sp³-hybridized carbons (Fsp3) is 0.692. The van der Waals surface area contributed by atoms with Crippen molar-refractivity contribution in [2.45, 2.75) is 39.3 Å². The van der Waals surface area contributed by atoms with Crippen molar-refractivity contribution in [1.82, 2.24) is 15.6 Å². The van der Waals surface area contributed by atoms with Crippen LogP contribution in [0.4, 0.5) is 0 Å². The minimum atomic E-state index is -0.214. The molecule has 0 fully saturated rings. The van der Waals surface area contributed by atoms with Gasteiger partial charge in [-0.2, -0.15) is 0 Å². The summed E-state index contributed by atoms with van der Waals surface area (Å²) in [6.07, 6.45) is 2.97. The number of nitrogens with one attached hydrogen (secondary N) is 2. The highest BCUT2D eigenvalue weighted by Crippen LogP contribution is 2.12. The third kappa shape index (κ3) is 5.57. The number of aliphatic imine (C=N–C) groups is 1. The second kappa shape index (κ2) is 7.45. The van der Waals surface area contributed by atoms with E-state index in [2.05, 4.69) is 27.5 Å². The molecule has 0 spiro atoms. The van der Waals surface area contributed by atoms with Crippen LogP contribution in [0.2, 0.25) is 0 Å². The van der Waals surface area contributed by atoms with E-state index in [0.717, 1.165) is 17.4 Å². The van der Waals surface area contributed by atoms with Crippen LogP contribution in [0.1, 0.15) is 30.7 Å². The van der Waals surface area contributed by atoms with E-state index in [9.17, 15) is 0 Å². The first-order chi connectivity index (χ1) is 9.00. The molecule has 1 rings (SSSR count). The monoisotopic (exact) mass is 284 g/mol. The highest BCUT2D eigenvalue weighted by molar-refractivity contribution is 7.11. The van der Waals surface area contributed by atoms with E-state index in [0.29, 0.717) is 13.1 Å². The maximum atomic E-state index is 5.36. The molecule has 0 aliphatic heterocycles. The molecular weight excluding hydrogens is 260 g/mol. The lowest BCUT2D eigenvalue weighted by atomic mass is 10.1. The minimum Gasteiger partial charge on any atom is -0.377 e. The van der Waals surface area contributed by atoms with Gasteiger partial charge in [0.15, 0.2) is 5.96 Å². The van der Waals surface area contributed by atoms with Gasteiger partial charge < -0.3 is 15.4 Å². The number of nitrogens with zero attached hydrogens (tertiary/aromatic N) is 2. The Morgan fingerprint density at radius 2 is 2.21 bits per heavy atom. The molecule has 1 aromatic rings. The van der Waals surface area contributed by atoms with Crippen LogP contribution >= 0.6 is 11.3 Å². The van der Waals surface area contributed by atoms with Crippen molar-refractivity contribution < 1.29 is 4.74 Å². The summed E-state index contributed by atoms with van der Waals surface area (Å²) in [5.41, 5.74) is -0.214. The molecule has 5 nitrogen and oxygen atoms in total.